The van der Waals surface area contributed by atoms with Gasteiger partial charge in [-0.25, -0.2) is 0 Å². The number of benzene rings is 3. The Balaban J connectivity index is 1.99. The summed E-state index contributed by atoms with van der Waals surface area (Å²) in [6.45, 7) is 5.74. The van der Waals surface area contributed by atoms with Crippen molar-refractivity contribution in [3.63, 3.8) is 0 Å². The molecule has 3 aromatic rings. The molecule has 0 saturated carbocycles. The molecule has 1 saturated heterocycles. The minimum absolute atomic E-state index is 0.0807. The van der Waals surface area contributed by atoms with Crippen molar-refractivity contribution in [2.75, 3.05) is 12.0 Å². The molecule has 0 bridgehead atoms. The van der Waals surface area contributed by atoms with E-state index in [0.717, 1.165) is 22.3 Å². The van der Waals surface area contributed by atoms with Gasteiger partial charge in [-0.1, -0.05) is 53.6 Å². The number of carbonyl (C=O) groups excluding carboxylic acids is 2. The summed E-state index contributed by atoms with van der Waals surface area (Å²) in [7, 11) is 1.55. The summed E-state index contributed by atoms with van der Waals surface area (Å²) in [5, 5.41) is 11.3. The second-order valence-corrected chi connectivity index (χ2v) is 8.10. The maximum Gasteiger partial charge on any atom is 0.300 e. The lowest BCUT2D eigenvalue weighted by Crippen LogP contribution is -2.29. The van der Waals surface area contributed by atoms with Crippen LogP contribution in [0.15, 0.2) is 72.3 Å². The first-order chi connectivity index (χ1) is 15.3. The van der Waals surface area contributed by atoms with Crippen LogP contribution in [0, 0.1) is 20.8 Å². The van der Waals surface area contributed by atoms with Gasteiger partial charge in [0.15, 0.2) is 0 Å². The van der Waals surface area contributed by atoms with Crippen LogP contribution in [0.5, 0.6) is 5.75 Å². The third-order valence-electron chi connectivity index (χ3n) is 5.78. The van der Waals surface area contributed by atoms with Crippen LogP contribution in [0.3, 0.4) is 0 Å². The Morgan fingerprint density at radius 3 is 2.34 bits per heavy atom. The Hall–Kier alpha value is -3.86. The highest BCUT2D eigenvalue weighted by molar-refractivity contribution is 6.51. The molecule has 32 heavy (non-hydrogen) atoms. The van der Waals surface area contributed by atoms with Crippen molar-refractivity contribution in [2.45, 2.75) is 26.8 Å². The van der Waals surface area contributed by atoms with Gasteiger partial charge in [-0.3, -0.25) is 14.5 Å². The third kappa shape index (κ3) is 3.66. The standard InChI is InChI=1S/C27H25NO4/c1-16-7-5-8-19(13-16)24-23(25(29)22-14-17(2)11-12-18(22)3)26(30)27(31)28(24)20-9-6-10-21(15-20)32-4/h5-15,24,29H,1-4H3/b25-23+. The number of hydrogen-bond donors (Lipinski definition) is 1. The molecular formula is C27H25NO4. The number of ketones is 1. The molecule has 162 valence electrons. The highest BCUT2D eigenvalue weighted by Gasteiger charge is 2.47. The summed E-state index contributed by atoms with van der Waals surface area (Å²) in [5.74, 6) is -0.988. The molecule has 1 heterocycles. The largest absolute Gasteiger partial charge is 0.507 e. The topological polar surface area (TPSA) is 66.8 Å². The van der Waals surface area contributed by atoms with Gasteiger partial charge in [0, 0.05) is 17.3 Å². The molecular weight excluding hydrogens is 402 g/mol. The van der Waals surface area contributed by atoms with E-state index in [1.54, 1.807) is 31.4 Å². The minimum Gasteiger partial charge on any atom is -0.507 e. The van der Waals surface area contributed by atoms with E-state index in [1.807, 2.05) is 63.2 Å². The van der Waals surface area contributed by atoms with Crippen molar-refractivity contribution in [2.24, 2.45) is 0 Å². The van der Waals surface area contributed by atoms with Crippen molar-refractivity contribution in [1.82, 2.24) is 0 Å². The second kappa shape index (κ2) is 8.35. The zero-order valence-electron chi connectivity index (χ0n) is 18.5. The van der Waals surface area contributed by atoms with Gasteiger partial charge < -0.3 is 9.84 Å². The van der Waals surface area contributed by atoms with Crippen LogP contribution in [-0.2, 0) is 9.59 Å². The average molecular weight is 428 g/mol. The van der Waals surface area contributed by atoms with Crippen molar-refractivity contribution in [3.05, 3.63) is 100 Å². The molecule has 1 amide bonds. The van der Waals surface area contributed by atoms with E-state index in [2.05, 4.69) is 0 Å². The zero-order valence-corrected chi connectivity index (χ0v) is 18.5. The van der Waals surface area contributed by atoms with Gasteiger partial charge >= 0.3 is 0 Å². The summed E-state index contributed by atoms with van der Waals surface area (Å²) in [6, 6.07) is 19.6. The molecule has 1 N–H and O–H groups in total. The number of aliphatic hydroxyl groups is 1. The minimum atomic E-state index is -0.762. The summed E-state index contributed by atoms with van der Waals surface area (Å²) in [4.78, 5) is 28.0. The van der Waals surface area contributed by atoms with Gasteiger partial charge in [0.05, 0.1) is 18.7 Å². The van der Waals surface area contributed by atoms with Crippen molar-refractivity contribution >= 4 is 23.1 Å². The molecule has 1 aliphatic rings. The Bertz CT molecular complexity index is 1260. The van der Waals surface area contributed by atoms with E-state index in [0.29, 0.717) is 17.0 Å². The number of ether oxygens (including phenoxy) is 1. The van der Waals surface area contributed by atoms with Crippen molar-refractivity contribution < 1.29 is 19.4 Å². The fraction of sp³-hybridized carbons (Fsp3) is 0.185. The molecule has 1 unspecified atom stereocenters. The van der Waals surface area contributed by atoms with E-state index >= 15 is 0 Å². The molecule has 5 nitrogen and oxygen atoms in total. The normalized spacial score (nSPS) is 17.6. The summed E-state index contributed by atoms with van der Waals surface area (Å²) >= 11 is 0. The number of nitrogens with zero attached hydrogens (tertiary/aromatic N) is 1. The van der Waals surface area contributed by atoms with Crippen LogP contribution in [0.4, 0.5) is 5.69 Å². The average Bonchev–Trinajstić information content (AvgIpc) is 3.05. The molecule has 5 heteroatoms. The maximum absolute atomic E-state index is 13.3. The second-order valence-electron chi connectivity index (χ2n) is 8.10. The predicted octanol–water partition coefficient (Wildman–Crippen LogP) is 5.25. The first kappa shape index (κ1) is 21.4. The summed E-state index contributed by atoms with van der Waals surface area (Å²) in [5.41, 5.74) is 4.67. The van der Waals surface area contributed by atoms with Crippen LogP contribution in [0.25, 0.3) is 5.76 Å². The highest BCUT2D eigenvalue weighted by Crippen LogP contribution is 2.43. The first-order valence-electron chi connectivity index (χ1n) is 10.4. The van der Waals surface area contributed by atoms with Gasteiger partial charge in [-0.05, 0) is 50.1 Å². The molecule has 1 fully saturated rings. The highest BCUT2D eigenvalue weighted by atomic mass is 16.5. The zero-order chi connectivity index (χ0) is 23.0. The van der Waals surface area contributed by atoms with Crippen LogP contribution >= 0.6 is 0 Å². The smallest absolute Gasteiger partial charge is 0.300 e. The monoisotopic (exact) mass is 427 g/mol. The number of Topliss-reactive ketones (excluding diaryl/α,β-unsaturated/α-hetero) is 1. The SMILES string of the molecule is COc1cccc(N2C(=O)C(=O)/C(=C(/O)c3cc(C)ccc3C)C2c2cccc(C)c2)c1. The number of anilines is 1. The van der Waals surface area contributed by atoms with E-state index in [4.69, 9.17) is 4.74 Å². The number of hydrogen-bond acceptors (Lipinski definition) is 4. The van der Waals surface area contributed by atoms with Gasteiger partial charge in [0.25, 0.3) is 11.7 Å². The van der Waals surface area contributed by atoms with Crippen molar-refractivity contribution in [3.8, 4) is 5.75 Å². The van der Waals surface area contributed by atoms with Crippen LogP contribution in [0.1, 0.15) is 33.9 Å². The fourth-order valence-electron chi connectivity index (χ4n) is 4.15. The number of amides is 1. The Labute approximate surface area is 187 Å². The third-order valence-corrected chi connectivity index (χ3v) is 5.78. The molecule has 4 rings (SSSR count). The molecule has 0 aromatic heterocycles. The molecule has 1 aliphatic heterocycles. The quantitative estimate of drug-likeness (QED) is 0.351. The molecule has 0 aliphatic carbocycles. The first-order valence-corrected chi connectivity index (χ1v) is 10.4. The molecule has 1 atom stereocenters. The van der Waals surface area contributed by atoms with E-state index in [9.17, 15) is 14.7 Å². The van der Waals surface area contributed by atoms with Crippen molar-refractivity contribution in [1.29, 1.82) is 0 Å². The lowest BCUT2D eigenvalue weighted by molar-refractivity contribution is -0.132. The lowest BCUT2D eigenvalue weighted by atomic mass is 9.92. The predicted molar refractivity (Wildman–Crippen MR) is 125 cm³/mol. The summed E-state index contributed by atoms with van der Waals surface area (Å²) in [6.07, 6.45) is 0. The maximum atomic E-state index is 13.3. The number of rotatable bonds is 4. The fourth-order valence-corrected chi connectivity index (χ4v) is 4.15. The number of aryl methyl sites for hydroxylation is 3. The molecule has 0 radical (unpaired) electrons. The molecule has 0 spiro atoms. The lowest BCUT2D eigenvalue weighted by Gasteiger charge is -2.26. The number of carbonyl (C=O) groups is 2. The molecule has 3 aromatic carbocycles. The van der Waals surface area contributed by atoms with E-state index < -0.39 is 17.7 Å². The Morgan fingerprint density at radius 1 is 0.906 bits per heavy atom. The summed E-state index contributed by atoms with van der Waals surface area (Å²) < 4.78 is 5.32. The van der Waals surface area contributed by atoms with Crippen LogP contribution < -0.4 is 9.64 Å². The van der Waals surface area contributed by atoms with Gasteiger partial charge in [0.1, 0.15) is 11.5 Å². The Morgan fingerprint density at radius 2 is 1.62 bits per heavy atom. The number of aliphatic hydroxyl groups excluding tert-OH is 1. The van der Waals surface area contributed by atoms with Gasteiger partial charge in [0.2, 0.25) is 0 Å². The van der Waals surface area contributed by atoms with Gasteiger partial charge in [-0.2, -0.15) is 0 Å². The van der Waals surface area contributed by atoms with Crippen LogP contribution in [0.2, 0.25) is 0 Å². The number of methoxy groups -OCH3 is 1. The van der Waals surface area contributed by atoms with Gasteiger partial charge in [-0.15, -0.1) is 0 Å². The Kier molecular flexibility index (Phi) is 5.57. The van der Waals surface area contributed by atoms with E-state index in [-0.39, 0.29) is 11.3 Å². The van der Waals surface area contributed by atoms with E-state index in [1.165, 1.54) is 4.90 Å². The van der Waals surface area contributed by atoms with Crippen LogP contribution in [-0.4, -0.2) is 23.9 Å².